The maximum absolute atomic E-state index is 8.68. The molecule has 8 rings (SSSR count). The van der Waals surface area contributed by atoms with Crippen molar-refractivity contribution in [2.45, 2.75) is 34.0 Å². The predicted octanol–water partition coefficient (Wildman–Crippen LogP) is 11.7. The monoisotopic (exact) mass is 806 g/mol. The van der Waals surface area contributed by atoms with Gasteiger partial charge in [0.05, 0.1) is 0 Å². The number of benzene rings is 5. The second-order valence-corrected chi connectivity index (χ2v) is 12.4. The maximum Gasteiger partial charge on any atom is 0.136 e. The van der Waals surface area contributed by atoms with Gasteiger partial charge in [0.1, 0.15) is 11.2 Å². The fraction of sp³-hybridized carbons (Fsp3) is 0.136. The molecule has 0 aliphatic carbocycles. The van der Waals surface area contributed by atoms with Crippen LogP contribution < -0.4 is 0 Å². The van der Waals surface area contributed by atoms with Crippen LogP contribution in [0.1, 0.15) is 38.8 Å². The number of hydrogen-bond acceptors (Lipinski definition) is 3. The van der Waals surface area contributed by atoms with E-state index in [1.54, 1.807) is 30.5 Å². The molecule has 0 N–H and O–H groups in total. The first-order chi connectivity index (χ1) is 24.8. The van der Waals surface area contributed by atoms with E-state index in [1.165, 1.54) is 6.20 Å². The Kier molecular flexibility index (Phi) is 7.95. The van der Waals surface area contributed by atoms with Crippen LogP contribution >= 0.6 is 0 Å². The van der Waals surface area contributed by atoms with E-state index >= 15 is 0 Å². The molecule has 0 saturated heterocycles. The number of para-hydroxylation sites is 1. The Bertz CT molecular complexity index is 2520. The van der Waals surface area contributed by atoms with Gasteiger partial charge in [-0.15, -0.1) is 71.3 Å². The fourth-order valence-corrected chi connectivity index (χ4v) is 5.81. The molecule has 5 aromatic carbocycles. The standard InChI is InChI=1S/C32H26NO.C12H10N.Ir/c1-32(2,3)20-21-16-17-33-28(18-21)23-9-6-8-22(19-23)24-11-7-12-26-25(24)14-15-30-31(26)27-10-4-5-13-29(27)34-30;1-10-7-8-12(13-9-10)11-5-3-2-4-6-11;/h4-8,10-19H,20H2,1-3H3;2-5,7-9H,1H3;/q2*-1;/i20D2;1D3;. The van der Waals surface area contributed by atoms with Crippen molar-refractivity contribution in [1.29, 1.82) is 0 Å². The molecule has 0 aliphatic rings. The van der Waals surface area contributed by atoms with Crippen LogP contribution in [0.4, 0.5) is 0 Å². The van der Waals surface area contributed by atoms with Gasteiger partial charge < -0.3 is 14.4 Å². The average Bonchev–Trinajstić information content (AvgIpc) is 3.54. The summed E-state index contributed by atoms with van der Waals surface area (Å²) in [5.74, 6) is 0. The van der Waals surface area contributed by atoms with E-state index in [-0.39, 0.29) is 25.7 Å². The second kappa shape index (κ2) is 14.1. The topological polar surface area (TPSA) is 38.9 Å². The minimum absolute atomic E-state index is 0. The molecule has 0 aliphatic heterocycles. The molecule has 4 heteroatoms. The molecule has 8 aromatic rings. The first-order valence-corrected chi connectivity index (χ1v) is 15.6. The smallest absolute Gasteiger partial charge is 0.136 e. The number of furan rings is 1. The summed E-state index contributed by atoms with van der Waals surface area (Å²) in [4.78, 5) is 8.68. The van der Waals surface area contributed by atoms with Crippen LogP contribution in [0, 0.1) is 24.4 Å². The molecule has 0 saturated carbocycles. The zero-order valence-electron chi connectivity index (χ0n) is 31.8. The molecule has 0 atom stereocenters. The minimum Gasteiger partial charge on any atom is -0.456 e. The molecule has 0 amide bonds. The van der Waals surface area contributed by atoms with Crippen LogP contribution in [0.25, 0.3) is 66.4 Å². The van der Waals surface area contributed by atoms with E-state index < -0.39 is 18.6 Å². The van der Waals surface area contributed by atoms with Gasteiger partial charge in [0, 0.05) is 50.1 Å². The third kappa shape index (κ3) is 7.16. The van der Waals surface area contributed by atoms with Gasteiger partial charge in [0.15, 0.2) is 0 Å². The van der Waals surface area contributed by atoms with E-state index in [0.717, 1.165) is 60.7 Å². The number of nitrogens with zero attached hydrogens (tertiary/aromatic N) is 2. The van der Waals surface area contributed by atoms with Gasteiger partial charge >= 0.3 is 0 Å². The van der Waals surface area contributed by atoms with Gasteiger partial charge in [0.25, 0.3) is 0 Å². The van der Waals surface area contributed by atoms with Crippen molar-refractivity contribution >= 4 is 32.7 Å². The van der Waals surface area contributed by atoms with Crippen molar-refractivity contribution in [3.63, 3.8) is 0 Å². The zero-order chi connectivity index (χ0) is 36.7. The number of pyridine rings is 2. The molecule has 0 unspecified atom stereocenters. The van der Waals surface area contributed by atoms with E-state index in [4.69, 9.17) is 11.3 Å². The summed E-state index contributed by atoms with van der Waals surface area (Å²) in [7, 11) is 0. The SMILES string of the molecule is [2H]C([2H])([2H])c1ccc(-c2[c-]cccc2)nc1.[2H]C([2H])(c1ccnc(-c2[c-]ccc(-c3cccc4c3ccc3oc5ccccc5c34)c2)c1)C(C)(C)C.[Ir]. The van der Waals surface area contributed by atoms with Crippen molar-refractivity contribution < 1.29 is 31.4 Å². The third-order valence-electron chi connectivity index (χ3n) is 7.82. The van der Waals surface area contributed by atoms with Crippen LogP contribution in [-0.4, -0.2) is 9.97 Å². The molecule has 1 radical (unpaired) electrons. The molecule has 0 spiro atoms. The van der Waals surface area contributed by atoms with Crippen LogP contribution in [0.15, 0.2) is 138 Å². The molecule has 3 heterocycles. The molecule has 3 aromatic heterocycles. The first-order valence-electron chi connectivity index (χ1n) is 18.1. The minimum atomic E-state index is -2.09. The quantitative estimate of drug-likeness (QED) is 0.166. The van der Waals surface area contributed by atoms with Gasteiger partial charge in [-0.25, -0.2) is 0 Å². The largest absolute Gasteiger partial charge is 0.456 e. The molecular formula is C44H36IrN2O-2. The third-order valence-corrected chi connectivity index (χ3v) is 7.82. The van der Waals surface area contributed by atoms with Gasteiger partial charge in [-0.05, 0) is 70.1 Å². The maximum atomic E-state index is 8.68. The van der Waals surface area contributed by atoms with E-state index in [2.05, 4.69) is 70.6 Å². The number of fused-ring (bicyclic) bond motifs is 5. The van der Waals surface area contributed by atoms with Crippen LogP contribution in [0.2, 0.25) is 0 Å². The zero-order valence-corrected chi connectivity index (χ0v) is 29.2. The Morgan fingerprint density at radius 3 is 2.33 bits per heavy atom. The van der Waals surface area contributed by atoms with Crippen molar-refractivity contribution in [2.24, 2.45) is 5.41 Å². The Hall–Kier alpha value is -4.89. The number of aromatic nitrogens is 2. The van der Waals surface area contributed by atoms with Crippen LogP contribution in [-0.2, 0) is 26.5 Å². The van der Waals surface area contributed by atoms with E-state index in [0.29, 0.717) is 11.3 Å². The van der Waals surface area contributed by atoms with Gasteiger partial charge in [0.2, 0.25) is 0 Å². The van der Waals surface area contributed by atoms with Crippen molar-refractivity contribution in [3.8, 4) is 33.6 Å². The molecule has 0 fully saturated rings. The second-order valence-electron chi connectivity index (χ2n) is 12.4. The van der Waals surface area contributed by atoms with Gasteiger partial charge in [-0.2, -0.15) is 0 Å². The summed E-state index contributed by atoms with van der Waals surface area (Å²) in [6, 6.07) is 45.5. The normalized spacial score (nSPS) is 13.4. The molecule has 0 bridgehead atoms. The van der Waals surface area contributed by atoms with E-state index in [1.807, 2.05) is 69.3 Å². The van der Waals surface area contributed by atoms with Gasteiger partial charge in [-0.3, -0.25) is 0 Å². The molecular weight excluding hydrogens is 765 g/mol. The number of aryl methyl sites for hydroxylation is 1. The predicted molar refractivity (Wildman–Crippen MR) is 195 cm³/mol. The summed E-state index contributed by atoms with van der Waals surface area (Å²) in [5.41, 5.74) is 7.45. The van der Waals surface area contributed by atoms with E-state index in [9.17, 15) is 0 Å². The number of hydrogen-bond donors (Lipinski definition) is 0. The molecule has 48 heavy (non-hydrogen) atoms. The summed E-state index contributed by atoms with van der Waals surface area (Å²) in [5, 5.41) is 4.56. The summed E-state index contributed by atoms with van der Waals surface area (Å²) < 4.78 is 45.2. The van der Waals surface area contributed by atoms with Crippen molar-refractivity contribution in [1.82, 2.24) is 9.97 Å². The Labute approximate surface area is 303 Å². The first kappa shape index (κ1) is 27.1. The van der Waals surface area contributed by atoms with Gasteiger partial charge in [-0.1, -0.05) is 87.0 Å². The average molecular weight is 806 g/mol. The number of rotatable bonds is 4. The Morgan fingerprint density at radius 2 is 1.54 bits per heavy atom. The van der Waals surface area contributed by atoms with Crippen molar-refractivity contribution in [2.75, 3.05) is 0 Å². The summed E-state index contributed by atoms with van der Waals surface area (Å²) in [6.07, 6.45) is 1.59. The molecule has 3 nitrogen and oxygen atoms in total. The Balaban J connectivity index is 0.000000238. The summed E-state index contributed by atoms with van der Waals surface area (Å²) >= 11 is 0. The molecule has 239 valence electrons. The summed E-state index contributed by atoms with van der Waals surface area (Å²) in [6.45, 7) is 3.66. The van der Waals surface area contributed by atoms with Crippen LogP contribution in [0.5, 0.6) is 0 Å². The Morgan fingerprint density at radius 1 is 0.708 bits per heavy atom. The van der Waals surface area contributed by atoms with Crippen LogP contribution in [0.3, 0.4) is 0 Å². The van der Waals surface area contributed by atoms with Crippen molar-refractivity contribution in [3.05, 3.63) is 157 Å². The fourth-order valence-electron chi connectivity index (χ4n) is 5.81.